The van der Waals surface area contributed by atoms with E-state index in [-0.39, 0.29) is 0 Å². The highest BCUT2D eigenvalue weighted by atomic mass is 15.1. The lowest BCUT2D eigenvalue weighted by Gasteiger charge is -2.16. The van der Waals surface area contributed by atoms with Crippen LogP contribution < -0.4 is 0 Å². The summed E-state index contributed by atoms with van der Waals surface area (Å²) in [6.07, 6.45) is 72.7. The maximum atomic E-state index is 3.59. The molecule has 0 aliphatic carbocycles. The van der Waals surface area contributed by atoms with Gasteiger partial charge in [0.1, 0.15) is 20.3 Å². The van der Waals surface area contributed by atoms with Gasteiger partial charge in [0.15, 0.2) is 0 Å². The SMILES string of the molecule is C=[N+](C)CC.CC.CC.CCC.CCC.CCC.CCCCC.CCCCCCCCCCCCCCCCCCCCCCCCCCCC.CN1CCCCCCCCCCCCCCCCCCCC1. The summed E-state index contributed by atoms with van der Waals surface area (Å²) in [6.45, 7) is 39.1. The molecule has 0 aromatic carbocycles. The molecule has 0 spiro atoms. The molecule has 0 radical (unpaired) electrons. The van der Waals surface area contributed by atoms with Crippen molar-refractivity contribution in [1.29, 1.82) is 0 Å². The van der Waals surface area contributed by atoms with Gasteiger partial charge in [-0.2, -0.15) is 0 Å². The zero-order valence-electron chi connectivity index (χ0n) is 56.1. The molecule has 0 bridgehead atoms. The lowest BCUT2D eigenvalue weighted by Crippen LogP contribution is -2.20. The molecule has 0 saturated carbocycles. The molecule has 0 amide bonds. The van der Waals surface area contributed by atoms with Crippen molar-refractivity contribution >= 4 is 6.72 Å². The van der Waals surface area contributed by atoms with Gasteiger partial charge in [-0.15, -0.1) is 0 Å². The molecule has 1 heterocycles. The monoisotopic (exact) mass is 1040 g/mol. The van der Waals surface area contributed by atoms with E-state index in [2.05, 4.69) is 94.8 Å². The van der Waals surface area contributed by atoms with Crippen molar-refractivity contribution in [2.45, 2.75) is 425 Å². The highest BCUT2D eigenvalue weighted by Gasteiger charge is 2.01. The number of hydrogen-bond donors (Lipinski definition) is 0. The van der Waals surface area contributed by atoms with Crippen LogP contribution in [0, 0.1) is 0 Å². The first-order valence-electron chi connectivity index (χ1n) is 34.9. The van der Waals surface area contributed by atoms with Crippen LogP contribution in [0.3, 0.4) is 0 Å². The van der Waals surface area contributed by atoms with E-state index in [1.165, 1.54) is 334 Å². The summed E-state index contributed by atoms with van der Waals surface area (Å²) >= 11 is 0. The van der Waals surface area contributed by atoms with Gasteiger partial charge in [-0.05, 0) is 39.9 Å². The maximum absolute atomic E-state index is 3.59. The summed E-state index contributed by atoms with van der Waals surface area (Å²) < 4.78 is 1.88. The fourth-order valence-corrected chi connectivity index (χ4v) is 8.45. The molecule has 0 aromatic heterocycles. The van der Waals surface area contributed by atoms with Crippen molar-refractivity contribution in [3.63, 3.8) is 0 Å². The van der Waals surface area contributed by atoms with Gasteiger partial charge < -0.3 is 4.90 Å². The predicted octanol–water partition coefficient (Wildman–Crippen LogP) is 27.0. The zero-order chi connectivity index (χ0) is 56.6. The van der Waals surface area contributed by atoms with Crippen LogP contribution in [0.25, 0.3) is 0 Å². The average molecular weight is 1040 g/mol. The van der Waals surface area contributed by atoms with Crippen LogP contribution in [0.15, 0.2) is 0 Å². The second-order valence-electron chi connectivity index (χ2n) is 21.8. The summed E-state index contributed by atoms with van der Waals surface area (Å²) in [5.74, 6) is 0. The van der Waals surface area contributed by atoms with Gasteiger partial charge in [0.25, 0.3) is 0 Å². The topological polar surface area (TPSA) is 6.25 Å². The van der Waals surface area contributed by atoms with E-state index >= 15 is 0 Å². The molecule has 1 aliphatic heterocycles. The van der Waals surface area contributed by atoms with Crippen LogP contribution >= 0.6 is 0 Å². The Kier molecular flexibility index (Phi) is 127. The van der Waals surface area contributed by atoms with Crippen molar-refractivity contribution in [3.8, 4) is 0 Å². The molecule has 0 N–H and O–H groups in total. The minimum absolute atomic E-state index is 1.03. The lowest BCUT2D eigenvalue weighted by molar-refractivity contribution is -0.484. The third-order valence-electron chi connectivity index (χ3n) is 13.0. The third-order valence-corrected chi connectivity index (χ3v) is 13.0. The Morgan fingerprint density at radius 1 is 0.260 bits per heavy atom. The summed E-state index contributed by atoms with van der Waals surface area (Å²) in [6, 6.07) is 0. The molecule has 1 fully saturated rings. The summed E-state index contributed by atoms with van der Waals surface area (Å²) in [5, 5.41) is 0. The van der Waals surface area contributed by atoms with Gasteiger partial charge >= 0.3 is 0 Å². The molecule has 1 saturated heterocycles. The minimum Gasteiger partial charge on any atom is -0.306 e. The van der Waals surface area contributed by atoms with Crippen molar-refractivity contribution < 1.29 is 4.58 Å². The normalized spacial score (nSPS) is 13.7. The number of hydrogen-bond acceptors (Lipinski definition) is 1. The van der Waals surface area contributed by atoms with Gasteiger partial charge in [-0.1, -0.05) is 405 Å². The molecule has 73 heavy (non-hydrogen) atoms. The van der Waals surface area contributed by atoms with Crippen LogP contribution in [-0.2, 0) is 0 Å². The van der Waals surface area contributed by atoms with Crippen molar-refractivity contribution in [2.75, 3.05) is 33.7 Å². The van der Waals surface area contributed by atoms with E-state index in [1.807, 2.05) is 39.3 Å². The molecule has 452 valence electrons. The van der Waals surface area contributed by atoms with E-state index in [1.54, 1.807) is 0 Å². The summed E-state index contributed by atoms with van der Waals surface area (Å²) in [5.41, 5.74) is 0. The molecule has 1 aliphatic rings. The lowest BCUT2D eigenvalue weighted by atomic mass is 10.0. The van der Waals surface area contributed by atoms with Crippen LogP contribution in [0.5, 0.6) is 0 Å². The Morgan fingerprint density at radius 3 is 0.493 bits per heavy atom. The maximum Gasteiger partial charge on any atom is 0.139 e. The van der Waals surface area contributed by atoms with E-state index in [0.29, 0.717) is 0 Å². The van der Waals surface area contributed by atoms with E-state index < -0.39 is 0 Å². The number of unbranched alkanes of at least 4 members (excludes halogenated alkanes) is 27. The smallest absolute Gasteiger partial charge is 0.139 e. The molecule has 2 heteroatoms. The predicted molar refractivity (Wildman–Crippen MR) is 352 cm³/mol. The zero-order valence-corrected chi connectivity index (χ0v) is 56.1. The highest BCUT2D eigenvalue weighted by molar-refractivity contribution is 5.13. The quantitative estimate of drug-likeness (QED) is 0.0430. The molecule has 2 nitrogen and oxygen atoms in total. The van der Waals surface area contributed by atoms with E-state index in [4.69, 9.17) is 0 Å². The Bertz CT molecular complexity index is 693. The molecule has 0 atom stereocenters. The molecule has 0 unspecified atom stereocenters. The van der Waals surface area contributed by atoms with Crippen LogP contribution in [0.1, 0.15) is 425 Å². The van der Waals surface area contributed by atoms with Gasteiger partial charge in [0, 0.05) is 0 Å². The number of nitrogens with zero attached hydrogens (tertiary/aromatic N) is 2. The van der Waals surface area contributed by atoms with Gasteiger partial charge in [-0.3, -0.25) is 0 Å². The molecular weight excluding hydrogens is 881 g/mol. The van der Waals surface area contributed by atoms with Crippen LogP contribution in [-0.4, -0.2) is 49.9 Å². The second kappa shape index (κ2) is 104. The standard InChI is InChI=1S/C28H58.C21H43N.C5H12.C4H10N.3C3H8.2C2H6/c1-3-5-7-9-11-13-15-17-19-21-23-25-27-28-26-24-22-20-18-16-14-12-10-8-6-4-2;1-22-20-18-16-14-12-10-8-6-4-2-3-5-7-9-11-13-15-17-19-21-22;1-3-5-4-2;1-4-5(2)3;3*1-3-2;2*1-2/h3-28H2,1-2H3;2-21H2,1H3;3-5H2,1-2H3;2,4H2,1,3H3;3*3H2,1-2H3;2*1-2H3/q;;;+1;;;;;. The summed E-state index contributed by atoms with van der Waals surface area (Å²) in [4.78, 5) is 2.56. The highest BCUT2D eigenvalue weighted by Crippen LogP contribution is 2.17. The average Bonchev–Trinajstić information content (AvgIpc) is 3.39. The van der Waals surface area contributed by atoms with Crippen LogP contribution in [0.4, 0.5) is 0 Å². The largest absolute Gasteiger partial charge is 0.306 e. The van der Waals surface area contributed by atoms with E-state index in [0.717, 1.165) is 6.54 Å². The van der Waals surface area contributed by atoms with Crippen molar-refractivity contribution in [3.05, 3.63) is 0 Å². The van der Waals surface area contributed by atoms with E-state index in [9.17, 15) is 0 Å². The first-order valence-corrected chi connectivity index (χ1v) is 34.9. The van der Waals surface area contributed by atoms with Gasteiger partial charge in [0.05, 0.1) is 0 Å². The first kappa shape index (κ1) is 89.2. The molecular formula is C71H159N2+. The van der Waals surface area contributed by atoms with Crippen molar-refractivity contribution in [1.82, 2.24) is 4.90 Å². The summed E-state index contributed by atoms with van der Waals surface area (Å²) in [7, 11) is 4.26. The second-order valence-corrected chi connectivity index (χ2v) is 21.8. The minimum atomic E-state index is 1.03. The Balaban J connectivity index is -0.000000137. The Morgan fingerprint density at radius 2 is 0.384 bits per heavy atom. The van der Waals surface area contributed by atoms with Crippen molar-refractivity contribution in [2.24, 2.45) is 0 Å². The third kappa shape index (κ3) is 130. The molecule has 1 rings (SSSR count). The first-order chi connectivity index (χ1) is 35.7. The Hall–Kier alpha value is -0.370. The Labute approximate surface area is 472 Å². The fourth-order valence-electron chi connectivity index (χ4n) is 8.45. The van der Waals surface area contributed by atoms with Gasteiger partial charge in [-0.25, -0.2) is 4.58 Å². The van der Waals surface area contributed by atoms with Crippen LogP contribution in [0.2, 0.25) is 0 Å². The fraction of sp³-hybridized carbons (Fsp3) is 0.986. The molecule has 0 aromatic rings. The van der Waals surface area contributed by atoms with Gasteiger partial charge in [0.2, 0.25) is 0 Å². The number of rotatable bonds is 28.